The van der Waals surface area contributed by atoms with E-state index >= 15 is 0 Å². The highest BCUT2D eigenvalue weighted by atomic mass is 79.9. The van der Waals surface area contributed by atoms with Crippen LogP contribution in [0.3, 0.4) is 0 Å². The van der Waals surface area contributed by atoms with Crippen LogP contribution in [-0.2, 0) is 11.3 Å². The molecule has 0 aliphatic rings. The van der Waals surface area contributed by atoms with Gasteiger partial charge in [0.25, 0.3) is 5.56 Å². The van der Waals surface area contributed by atoms with E-state index in [2.05, 4.69) is 26.3 Å². The van der Waals surface area contributed by atoms with Crippen molar-refractivity contribution in [2.24, 2.45) is 0 Å². The number of fused-ring (bicyclic) bond motifs is 1. The van der Waals surface area contributed by atoms with Crippen LogP contribution in [0, 0.1) is 0 Å². The van der Waals surface area contributed by atoms with Crippen molar-refractivity contribution in [2.45, 2.75) is 6.54 Å². The van der Waals surface area contributed by atoms with Crippen molar-refractivity contribution in [2.75, 3.05) is 5.32 Å². The third kappa shape index (κ3) is 3.85. The lowest BCUT2D eigenvalue weighted by atomic mass is 10.1. The zero-order chi connectivity index (χ0) is 19.7. The molecule has 2 aromatic carbocycles. The molecule has 0 aliphatic heterocycles. The first kappa shape index (κ1) is 18.5. The summed E-state index contributed by atoms with van der Waals surface area (Å²) in [5.74, 6) is -0.290. The van der Waals surface area contributed by atoms with E-state index in [4.69, 9.17) is 11.6 Å². The maximum absolute atomic E-state index is 12.8. The van der Waals surface area contributed by atoms with E-state index in [1.54, 1.807) is 42.7 Å². The number of nitrogens with one attached hydrogen (secondary N) is 1. The van der Waals surface area contributed by atoms with E-state index in [0.29, 0.717) is 21.9 Å². The summed E-state index contributed by atoms with van der Waals surface area (Å²) in [6.45, 7) is -0.0939. The van der Waals surface area contributed by atoms with Crippen LogP contribution in [0.5, 0.6) is 0 Å². The number of benzene rings is 2. The Bertz CT molecular complexity index is 1230. The van der Waals surface area contributed by atoms with Crippen LogP contribution >= 0.6 is 27.5 Å². The maximum atomic E-state index is 12.8. The fraction of sp³-hybridized carbons (Fsp3) is 0.0500. The summed E-state index contributed by atoms with van der Waals surface area (Å²) in [4.78, 5) is 25.1. The second-order valence-electron chi connectivity index (χ2n) is 6.16. The zero-order valence-electron chi connectivity index (χ0n) is 14.5. The van der Waals surface area contributed by atoms with Gasteiger partial charge in [0.1, 0.15) is 12.1 Å². The lowest BCUT2D eigenvalue weighted by Crippen LogP contribution is -2.28. The van der Waals surface area contributed by atoms with Gasteiger partial charge in [-0.2, -0.15) is 5.10 Å². The van der Waals surface area contributed by atoms with Gasteiger partial charge in [0.05, 0.1) is 5.69 Å². The molecule has 2 aromatic heterocycles. The van der Waals surface area contributed by atoms with Crippen LogP contribution in [0.25, 0.3) is 16.8 Å². The molecule has 0 radical (unpaired) electrons. The first-order valence-electron chi connectivity index (χ1n) is 8.40. The number of amides is 1. The van der Waals surface area contributed by atoms with Gasteiger partial charge in [0.15, 0.2) is 0 Å². The number of hydrogen-bond acceptors (Lipinski definition) is 3. The molecule has 0 spiro atoms. The molecule has 0 unspecified atom stereocenters. The van der Waals surface area contributed by atoms with Gasteiger partial charge in [-0.3, -0.25) is 9.59 Å². The molecule has 4 rings (SSSR count). The molecule has 8 heteroatoms. The monoisotopic (exact) mass is 456 g/mol. The molecule has 140 valence electrons. The summed E-state index contributed by atoms with van der Waals surface area (Å²) in [7, 11) is 0. The minimum Gasteiger partial charge on any atom is -0.324 e. The number of rotatable bonds is 4. The van der Waals surface area contributed by atoms with Crippen molar-refractivity contribution in [3.05, 3.63) is 86.8 Å². The number of carbonyl (C=O) groups excluding carboxylic acids is 1. The van der Waals surface area contributed by atoms with Crippen molar-refractivity contribution in [3.63, 3.8) is 0 Å². The van der Waals surface area contributed by atoms with E-state index in [0.717, 1.165) is 10.0 Å². The molecule has 28 heavy (non-hydrogen) atoms. The summed E-state index contributed by atoms with van der Waals surface area (Å²) < 4.78 is 3.73. The van der Waals surface area contributed by atoms with Crippen molar-refractivity contribution in [1.82, 2.24) is 14.2 Å². The lowest BCUT2D eigenvalue weighted by Gasteiger charge is -2.08. The third-order valence-electron chi connectivity index (χ3n) is 4.17. The maximum Gasteiger partial charge on any atom is 0.277 e. The molecular formula is C20H14BrClN4O2. The molecule has 1 N–H and O–H groups in total. The van der Waals surface area contributed by atoms with E-state index in [9.17, 15) is 9.59 Å². The Balaban J connectivity index is 1.60. The van der Waals surface area contributed by atoms with Crippen LogP contribution in [0.15, 0.2) is 76.3 Å². The molecule has 0 saturated heterocycles. The molecule has 0 aliphatic carbocycles. The van der Waals surface area contributed by atoms with Gasteiger partial charge in [-0.05, 0) is 36.4 Å². The summed E-state index contributed by atoms with van der Waals surface area (Å²) in [5.41, 5.74) is 2.27. The predicted octanol–water partition coefficient (Wildman–Crippen LogP) is 4.22. The number of aromatic nitrogens is 3. The van der Waals surface area contributed by atoms with Crippen molar-refractivity contribution < 1.29 is 4.79 Å². The Labute approximate surface area is 173 Å². The molecule has 0 fully saturated rings. The van der Waals surface area contributed by atoms with Gasteiger partial charge in [0.2, 0.25) is 5.91 Å². The van der Waals surface area contributed by atoms with Gasteiger partial charge in [-0.1, -0.05) is 45.7 Å². The summed E-state index contributed by atoms with van der Waals surface area (Å²) in [6.07, 6.45) is 3.21. The Morgan fingerprint density at radius 3 is 2.64 bits per heavy atom. The summed E-state index contributed by atoms with van der Waals surface area (Å²) in [5, 5.41) is 7.84. The Morgan fingerprint density at radius 2 is 1.89 bits per heavy atom. The standard InChI is InChI=1S/C20H14BrClN4O2/c21-14-2-1-3-16(10-14)23-19(27)12-25-8-9-26-18(20(25)28)11-17(24-26)13-4-6-15(22)7-5-13/h1-11H,12H2,(H,23,27). The number of halogens is 2. The van der Waals surface area contributed by atoms with Crippen LogP contribution < -0.4 is 10.9 Å². The minimum absolute atomic E-state index is 0.0939. The Hall–Kier alpha value is -2.90. The molecule has 0 bridgehead atoms. The molecule has 0 saturated carbocycles. The molecule has 2 heterocycles. The second kappa shape index (κ2) is 7.61. The van der Waals surface area contributed by atoms with Gasteiger partial charge in [-0.25, -0.2) is 4.52 Å². The second-order valence-corrected chi connectivity index (χ2v) is 7.51. The number of nitrogens with zero attached hydrogens (tertiary/aromatic N) is 3. The van der Waals surface area contributed by atoms with Crippen LogP contribution in [0.1, 0.15) is 0 Å². The SMILES string of the molecule is O=C(Cn1ccn2nc(-c3ccc(Cl)cc3)cc2c1=O)Nc1cccc(Br)c1. The first-order valence-corrected chi connectivity index (χ1v) is 9.57. The smallest absolute Gasteiger partial charge is 0.277 e. The Morgan fingerprint density at radius 1 is 1.11 bits per heavy atom. The van der Waals surface area contributed by atoms with E-state index in [1.165, 1.54) is 9.08 Å². The van der Waals surface area contributed by atoms with Crippen molar-refractivity contribution >= 4 is 44.6 Å². The van der Waals surface area contributed by atoms with E-state index in [-0.39, 0.29) is 18.0 Å². The number of hydrogen-bond donors (Lipinski definition) is 1. The van der Waals surface area contributed by atoms with Crippen LogP contribution in [0.4, 0.5) is 5.69 Å². The average Bonchev–Trinajstić information content (AvgIpc) is 3.10. The Kier molecular flexibility index (Phi) is 5.02. The highest BCUT2D eigenvalue weighted by Gasteiger charge is 2.11. The molecule has 0 atom stereocenters. The number of carbonyl (C=O) groups is 1. The first-order chi connectivity index (χ1) is 13.5. The molecular weight excluding hydrogens is 444 g/mol. The van der Waals surface area contributed by atoms with E-state index in [1.807, 2.05) is 24.3 Å². The quantitative estimate of drug-likeness (QED) is 0.499. The average molecular weight is 458 g/mol. The third-order valence-corrected chi connectivity index (χ3v) is 4.91. The van der Waals surface area contributed by atoms with Gasteiger partial charge in [0, 0.05) is 33.1 Å². The lowest BCUT2D eigenvalue weighted by molar-refractivity contribution is -0.116. The summed E-state index contributed by atoms with van der Waals surface area (Å²) in [6, 6.07) is 16.2. The largest absolute Gasteiger partial charge is 0.324 e. The van der Waals surface area contributed by atoms with Crippen molar-refractivity contribution in [3.8, 4) is 11.3 Å². The molecule has 4 aromatic rings. The van der Waals surface area contributed by atoms with Crippen molar-refractivity contribution in [1.29, 1.82) is 0 Å². The fourth-order valence-corrected chi connectivity index (χ4v) is 3.36. The van der Waals surface area contributed by atoms with Gasteiger partial charge >= 0.3 is 0 Å². The molecule has 6 nitrogen and oxygen atoms in total. The predicted molar refractivity (Wildman–Crippen MR) is 113 cm³/mol. The highest BCUT2D eigenvalue weighted by molar-refractivity contribution is 9.10. The summed E-state index contributed by atoms with van der Waals surface area (Å²) >= 11 is 9.28. The number of anilines is 1. The fourth-order valence-electron chi connectivity index (χ4n) is 2.83. The zero-order valence-corrected chi connectivity index (χ0v) is 16.8. The minimum atomic E-state index is -0.292. The molecule has 1 amide bonds. The van der Waals surface area contributed by atoms with E-state index < -0.39 is 0 Å². The topological polar surface area (TPSA) is 68.4 Å². The van der Waals surface area contributed by atoms with Gasteiger partial charge in [-0.15, -0.1) is 0 Å². The van der Waals surface area contributed by atoms with Crippen LogP contribution in [-0.4, -0.2) is 20.1 Å². The normalized spacial score (nSPS) is 10.9. The van der Waals surface area contributed by atoms with Gasteiger partial charge < -0.3 is 9.88 Å². The van der Waals surface area contributed by atoms with Crippen LogP contribution in [0.2, 0.25) is 5.02 Å². The highest BCUT2D eigenvalue weighted by Crippen LogP contribution is 2.21.